The number of halogens is 3. The van der Waals surface area contributed by atoms with Crippen LogP contribution in [0.4, 0.5) is 13.2 Å². The van der Waals surface area contributed by atoms with Gasteiger partial charge < -0.3 is 14.7 Å². The van der Waals surface area contributed by atoms with E-state index in [1.807, 2.05) is 5.51 Å². The van der Waals surface area contributed by atoms with Crippen LogP contribution in [0, 0.1) is 12.8 Å². The highest BCUT2D eigenvalue weighted by Gasteiger charge is 2.44. The molecule has 0 spiro atoms. The van der Waals surface area contributed by atoms with E-state index in [1.165, 1.54) is 11.3 Å². The smallest absolute Gasteiger partial charge is 0.475 e. The van der Waals surface area contributed by atoms with E-state index in [1.54, 1.807) is 11.3 Å². The van der Waals surface area contributed by atoms with Gasteiger partial charge in [0.1, 0.15) is 0 Å². The molecule has 168 valence electrons. The van der Waals surface area contributed by atoms with Crippen molar-refractivity contribution < 1.29 is 32.6 Å². The number of carbonyl (C=O) groups is 2. The number of aryl methyl sites for hydroxylation is 1. The third-order valence-corrected chi connectivity index (χ3v) is 6.70. The number of amides is 1. The summed E-state index contributed by atoms with van der Waals surface area (Å²) in [6, 6.07) is 0.234. The Bertz CT molecular complexity index is 758. The lowest BCUT2D eigenvalue weighted by molar-refractivity contribution is -0.192. The first-order valence-electron chi connectivity index (χ1n) is 9.99. The Hall–Kier alpha value is -1.72. The highest BCUT2D eigenvalue weighted by molar-refractivity contribution is 7.09. The van der Waals surface area contributed by atoms with E-state index >= 15 is 0 Å². The summed E-state index contributed by atoms with van der Waals surface area (Å²) >= 11 is 1.74. The van der Waals surface area contributed by atoms with Crippen LogP contribution < -0.4 is 0 Å². The summed E-state index contributed by atoms with van der Waals surface area (Å²) in [4.78, 5) is 31.5. The molecule has 0 saturated carbocycles. The molecule has 0 unspecified atom stereocenters. The quantitative estimate of drug-likeness (QED) is 0.764. The maximum atomic E-state index is 12.3. The number of aliphatic carboxylic acids is 1. The molecule has 11 heteroatoms. The highest BCUT2D eigenvalue weighted by atomic mass is 32.1. The van der Waals surface area contributed by atoms with Crippen LogP contribution >= 0.6 is 11.3 Å². The molecule has 7 nitrogen and oxygen atoms in total. The molecular weight excluding hydrogens is 423 g/mol. The van der Waals surface area contributed by atoms with Crippen LogP contribution in [0.2, 0.25) is 0 Å². The molecule has 0 bridgehead atoms. The molecule has 1 aromatic rings. The molecule has 3 aliphatic heterocycles. The van der Waals surface area contributed by atoms with Crippen molar-refractivity contribution in [3.05, 3.63) is 16.1 Å². The second kappa shape index (κ2) is 9.61. The van der Waals surface area contributed by atoms with Gasteiger partial charge in [-0.1, -0.05) is 0 Å². The van der Waals surface area contributed by atoms with Crippen molar-refractivity contribution in [2.45, 2.75) is 57.5 Å². The third-order valence-electron chi connectivity index (χ3n) is 5.78. The zero-order valence-electron chi connectivity index (χ0n) is 16.7. The minimum Gasteiger partial charge on any atom is -0.475 e. The molecule has 1 N–H and O–H groups in total. The number of rotatable bonds is 3. The average Bonchev–Trinajstić information content (AvgIpc) is 3.29. The molecule has 0 aromatic carbocycles. The van der Waals surface area contributed by atoms with Gasteiger partial charge in [-0.15, -0.1) is 11.3 Å². The number of likely N-dealkylation sites (tertiary alicyclic amines) is 2. The van der Waals surface area contributed by atoms with Gasteiger partial charge >= 0.3 is 12.1 Å². The largest absolute Gasteiger partial charge is 0.490 e. The van der Waals surface area contributed by atoms with E-state index < -0.39 is 12.1 Å². The van der Waals surface area contributed by atoms with Gasteiger partial charge in [0.2, 0.25) is 5.91 Å². The lowest BCUT2D eigenvalue weighted by Crippen LogP contribution is -2.61. The zero-order chi connectivity index (χ0) is 21.9. The lowest BCUT2D eigenvalue weighted by atomic mass is 9.84. The van der Waals surface area contributed by atoms with E-state index in [-0.39, 0.29) is 12.1 Å². The number of carboxylic acid groups (broad SMARTS) is 1. The van der Waals surface area contributed by atoms with Gasteiger partial charge in [0, 0.05) is 44.1 Å². The van der Waals surface area contributed by atoms with Crippen molar-refractivity contribution in [3.8, 4) is 0 Å². The number of aromatic nitrogens is 1. The molecule has 0 aliphatic carbocycles. The van der Waals surface area contributed by atoms with Crippen LogP contribution in [0.1, 0.15) is 36.3 Å². The topological polar surface area (TPSA) is 83.0 Å². The fourth-order valence-electron chi connectivity index (χ4n) is 4.37. The Morgan fingerprint density at radius 2 is 2.10 bits per heavy atom. The summed E-state index contributed by atoms with van der Waals surface area (Å²) in [5, 5.41) is 7.12. The number of ether oxygens (including phenoxy) is 1. The molecule has 3 saturated heterocycles. The molecule has 4 heterocycles. The van der Waals surface area contributed by atoms with Gasteiger partial charge in [-0.05, 0) is 32.1 Å². The molecular formula is C19H26F3N3O4S. The number of carboxylic acids is 1. The first kappa shape index (κ1) is 23.0. The summed E-state index contributed by atoms with van der Waals surface area (Å²) in [5.74, 6) is -1.88. The number of alkyl halides is 3. The lowest BCUT2D eigenvalue weighted by Gasteiger charge is -2.48. The Kier molecular flexibility index (Phi) is 7.35. The van der Waals surface area contributed by atoms with Gasteiger partial charge in [0.15, 0.2) is 0 Å². The second-order valence-electron chi connectivity index (χ2n) is 7.85. The van der Waals surface area contributed by atoms with Crippen LogP contribution in [0.3, 0.4) is 0 Å². The summed E-state index contributed by atoms with van der Waals surface area (Å²) in [6.07, 6.45) is -0.760. The third kappa shape index (κ3) is 5.50. The number of carbonyl (C=O) groups excluding carboxylic acids is 1. The molecule has 0 radical (unpaired) electrons. The number of hydrogen-bond acceptors (Lipinski definition) is 6. The SMILES string of the molecule is Cc1ncsc1CN1C[C@@H]2CCCO[C@@H]2[C@H](N2CCCC2=O)C1.O=C(O)C(F)(F)F. The van der Waals surface area contributed by atoms with E-state index in [4.69, 9.17) is 14.6 Å². The maximum Gasteiger partial charge on any atom is 0.490 e. The van der Waals surface area contributed by atoms with Crippen LogP contribution in [-0.2, 0) is 20.9 Å². The second-order valence-corrected chi connectivity index (χ2v) is 8.79. The average molecular weight is 449 g/mol. The Morgan fingerprint density at radius 3 is 2.67 bits per heavy atom. The number of nitrogens with zero attached hydrogens (tertiary/aromatic N) is 3. The van der Waals surface area contributed by atoms with Crippen LogP contribution in [0.5, 0.6) is 0 Å². The summed E-state index contributed by atoms with van der Waals surface area (Å²) in [6.45, 7) is 6.82. The predicted octanol–water partition coefficient (Wildman–Crippen LogP) is 2.69. The van der Waals surface area contributed by atoms with Crippen molar-refractivity contribution in [1.82, 2.24) is 14.8 Å². The van der Waals surface area contributed by atoms with Crippen molar-refractivity contribution >= 4 is 23.2 Å². The molecule has 4 rings (SSSR count). The fraction of sp³-hybridized carbons (Fsp3) is 0.737. The Morgan fingerprint density at radius 1 is 1.37 bits per heavy atom. The monoisotopic (exact) mass is 449 g/mol. The van der Waals surface area contributed by atoms with Gasteiger partial charge in [-0.2, -0.15) is 13.2 Å². The Balaban J connectivity index is 0.000000318. The van der Waals surface area contributed by atoms with Gasteiger partial charge in [-0.25, -0.2) is 9.78 Å². The number of piperidine rings is 1. The van der Waals surface area contributed by atoms with Gasteiger partial charge in [-0.3, -0.25) is 9.69 Å². The van der Waals surface area contributed by atoms with Crippen LogP contribution in [0.15, 0.2) is 5.51 Å². The molecule has 3 fully saturated rings. The minimum atomic E-state index is -5.08. The summed E-state index contributed by atoms with van der Waals surface area (Å²) < 4.78 is 37.9. The first-order valence-corrected chi connectivity index (χ1v) is 10.9. The number of hydrogen-bond donors (Lipinski definition) is 1. The standard InChI is InChI=1S/C17H25N3O2S.C2HF3O2/c1-12-15(23-11-18-12)10-19-8-13-4-3-7-22-17(13)14(9-19)20-6-2-5-16(20)21;3-2(4,5)1(6)7/h11,13-14,17H,2-10H2,1H3;(H,6,7)/t13-,14+,17-;/m0./s1. The molecule has 3 atom stereocenters. The van der Waals surface area contributed by atoms with Crippen molar-refractivity contribution in [1.29, 1.82) is 0 Å². The summed E-state index contributed by atoms with van der Waals surface area (Å²) in [7, 11) is 0. The Labute approximate surface area is 176 Å². The van der Waals surface area contributed by atoms with Crippen LogP contribution in [-0.4, -0.2) is 76.3 Å². The predicted molar refractivity (Wildman–Crippen MR) is 103 cm³/mol. The van der Waals surface area contributed by atoms with Crippen molar-refractivity contribution in [2.75, 3.05) is 26.2 Å². The van der Waals surface area contributed by atoms with Crippen LogP contribution in [0.25, 0.3) is 0 Å². The van der Waals surface area contributed by atoms with E-state index in [9.17, 15) is 18.0 Å². The van der Waals surface area contributed by atoms with E-state index in [2.05, 4.69) is 21.7 Å². The first-order chi connectivity index (χ1) is 14.2. The highest BCUT2D eigenvalue weighted by Crippen LogP contribution is 2.33. The fourth-order valence-corrected chi connectivity index (χ4v) is 5.18. The molecule has 1 amide bonds. The zero-order valence-corrected chi connectivity index (χ0v) is 17.5. The summed E-state index contributed by atoms with van der Waals surface area (Å²) in [5.41, 5.74) is 3.08. The molecule has 30 heavy (non-hydrogen) atoms. The molecule has 1 aromatic heterocycles. The van der Waals surface area contributed by atoms with E-state index in [0.717, 1.165) is 51.3 Å². The number of fused-ring (bicyclic) bond motifs is 1. The number of thiazole rings is 1. The minimum absolute atomic E-state index is 0.234. The molecule has 3 aliphatic rings. The van der Waals surface area contributed by atoms with Gasteiger partial charge in [0.25, 0.3) is 0 Å². The van der Waals surface area contributed by atoms with Crippen molar-refractivity contribution in [2.24, 2.45) is 5.92 Å². The van der Waals surface area contributed by atoms with Crippen molar-refractivity contribution in [3.63, 3.8) is 0 Å². The normalized spacial score (nSPS) is 27.4. The maximum absolute atomic E-state index is 12.3. The van der Waals surface area contributed by atoms with Gasteiger partial charge in [0.05, 0.1) is 23.4 Å². The van der Waals surface area contributed by atoms with E-state index in [0.29, 0.717) is 18.2 Å².